The van der Waals surface area contributed by atoms with Crippen molar-refractivity contribution < 1.29 is 19.1 Å². The number of hydrogen-bond acceptors (Lipinski definition) is 4. The molecule has 0 spiro atoms. The van der Waals surface area contributed by atoms with E-state index in [0.29, 0.717) is 18.8 Å². The molecule has 0 saturated heterocycles. The maximum absolute atomic E-state index is 12.1. The number of rotatable bonds is 6. The highest BCUT2D eigenvalue weighted by Gasteiger charge is 2.18. The Bertz CT molecular complexity index is 721. The van der Waals surface area contributed by atoms with Crippen LogP contribution in [0.2, 0.25) is 0 Å². The van der Waals surface area contributed by atoms with E-state index in [1.807, 2.05) is 32.0 Å². The summed E-state index contributed by atoms with van der Waals surface area (Å²) in [4.78, 5) is 24.1. The molecule has 0 N–H and O–H groups in total. The van der Waals surface area contributed by atoms with Crippen molar-refractivity contribution in [3.63, 3.8) is 0 Å². The van der Waals surface area contributed by atoms with Crippen molar-refractivity contribution in [2.75, 3.05) is 13.2 Å². The third-order valence-corrected chi connectivity index (χ3v) is 3.71. The number of aromatic nitrogens is 1. The van der Waals surface area contributed by atoms with Gasteiger partial charge in [0.2, 0.25) is 0 Å². The molecule has 124 valence electrons. The normalized spacial score (nSPS) is 11.0. The lowest BCUT2D eigenvalue weighted by atomic mass is 10.2. The number of halogens is 1. The van der Waals surface area contributed by atoms with Crippen molar-refractivity contribution in [2.45, 2.75) is 27.3 Å². The largest absolute Gasteiger partial charge is 0.464 e. The molecule has 5 nitrogen and oxygen atoms in total. The Balaban J connectivity index is 2.33. The second kappa shape index (κ2) is 7.64. The Morgan fingerprint density at radius 1 is 1.26 bits per heavy atom. The first-order valence-electron chi connectivity index (χ1n) is 7.53. The van der Waals surface area contributed by atoms with Gasteiger partial charge in [0.1, 0.15) is 6.54 Å². The van der Waals surface area contributed by atoms with E-state index in [4.69, 9.17) is 9.47 Å². The van der Waals surface area contributed by atoms with Crippen molar-refractivity contribution >= 4 is 38.8 Å². The standard InChI is InChI=1S/C17H20BrNO4/c1-4-22-17(21)14-8-19(9-16(20)23-10-11(2)3)15-6-5-12(18)7-13(14)15/h5-8,11H,4,9-10H2,1-3H3. The average molecular weight is 382 g/mol. The van der Waals surface area contributed by atoms with Crippen molar-refractivity contribution in [3.05, 3.63) is 34.4 Å². The topological polar surface area (TPSA) is 57.5 Å². The molecule has 0 aliphatic heterocycles. The number of carbonyl (C=O) groups is 2. The van der Waals surface area contributed by atoms with Crippen LogP contribution in [0.1, 0.15) is 31.1 Å². The molecule has 0 saturated carbocycles. The van der Waals surface area contributed by atoms with E-state index < -0.39 is 5.97 Å². The molecule has 1 aromatic carbocycles. The minimum atomic E-state index is -0.398. The van der Waals surface area contributed by atoms with E-state index >= 15 is 0 Å². The fourth-order valence-electron chi connectivity index (χ4n) is 2.22. The van der Waals surface area contributed by atoms with Crippen LogP contribution in [0.4, 0.5) is 0 Å². The average Bonchev–Trinajstić information content (AvgIpc) is 2.83. The van der Waals surface area contributed by atoms with E-state index in [1.54, 1.807) is 17.7 Å². The predicted molar refractivity (Wildman–Crippen MR) is 91.4 cm³/mol. The first-order valence-corrected chi connectivity index (χ1v) is 8.32. The zero-order valence-electron chi connectivity index (χ0n) is 13.5. The van der Waals surface area contributed by atoms with E-state index in [9.17, 15) is 9.59 Å². The van der Waals surface area contributed by atoms with Gasteiger partial charge in [-0.15, -0.1) is 0 Å². The number of fused-ring (bicyclic) bond motifs is 1. The Morgan fingerprint density at radius 2 is 2.00 bits per heavy atom. The molecule has 6 heteroatoms. The number of benzene rings is 1. The number of ether oxygens (including phenoxy) is 2. The molecule has 23 heavy (non-hydrogen) atoms. The third kappa shape index (κ3) is 4.34. The van der Waals surface area contributed by atoms with Crippen molar-refractivity contribution in [1.29, 1.82) is 0 Å². The second-order valence-electron chi connectivity index (χ2n) is 5.63. The van der Waals surface area contributed by atoms with Gasteiger partial charge in [-0.1, -0.05) is 29.8 Å². The van der Waals surface area contributed by atoms with Crippen LogP contribution < -0.4 is 0 Å². The van der Waals surface area contributed by atoms with Gasteiger partial charge >= 0.3 is 11.9 Å². The van der Waals surface area contributed by atoms with Gasteiger partial charge in [0.15, 0.2) is 0 Å². The Labute approximate surface area is 143 Å². The summed E-state index contributed by atoms with van der Waals surface area (Å²) < 4.78 is 12.9. The summed E-state index contributed by atoms with van der Waals surface area (Å²) in [6.45, 7) is 6.47. The zero-order chi connectivity index (χ0) is 17.0. The summed E-state index contributed by atoms with van der Waals surface area (Å²) in [5.41, 5.74) is 1.23. The molecule has 0 amide bonds. The van der Waals surface area contributed by atoms with Gasteiger partial charge < -0.3 is 14.0 Å². The Morgan fingerprint density at radius 3 is 2.65 bits per heavy atom. The molecule has 0 atom stereocenters. The fraction of sp³-hybridized carbons (Fsp3) is 0.412. The Hall–Kier alpha value is -1.82. The van der Waals surface area contributed by atoms with Crippen LogP contribution in [0, 0.1) is 5.92 Å². The third-order valence-electron chi connectivity index (χ3n) is 3.22. The monoisotopic (exact) mass is 381 g/mol. The van der Waals surface area contributed by atoms with Crippen LogP contribution in [0.3, 0.4) is 0 Å². The number of carbonyl (C=O) groups excluding carboxylic acids is 2. The van der Waals surface area contributed by atoms with Gasteiger partial charge in [-0.25, -0.2) is 4.79 Å². The molecule has 0 unspecified atom stereocenters. The predicted octanol–water partition coefficient (Wildman–Crippen LogP) is 3.78. The smallest absolute Gasteiger partial charge is 0.340 e. The van der Waals surface area contributed by atoms with Crippen molar-refractivity contribution in [3.8, 4) is 0 Å². The van der Waals surface area contributed by atoms with E-state index in [-0.39, 0.29) is 18.4 Å². The van der Waals surface area contributed by atoms with Crippen LogP contribution in [0.25, 0.3) is 10.9 Å². The van der Waals surface area contributed by atoms with Crippen molar-refractivity contribution in [1.82, 2.24) is 4.57 Å². The summed E-state index contributed by atoms with van der Waals surface area (Å²) >= 11 is 3.40. The molecule has 0 aliphatic carbocycles. The number of esters is 2. The molecule has 1 heterocycles. The highest BCUT2D eigenvalue weighted by Crippen LogP contribution is 2.26. The van der Waals surface area contributed by atoms with Gasteiger partial charge in [0.25, 0.3) is 0 Å². The minimum absolute atomic E-state index is 0.0598. The molecule has 2 rings (SSSR count). The lowest BCUT2D eigenvalue weighted by molar-refractivity contribution is -0.145. The molecule has 0 radical (unpaired) electrons. The van der Waals surface area contributed by atoms with Crippen LogP contribution in [-0.2, 0) is 20.8 Å². The first-order chi connectivity index (χ1) is 10.9. The van der Waals surface area contributed by atoms with Crippen LogP contribution in [0.5, 0.6) is 0 Å². The zero-order valence-corrected chi connectivity index (χ0v) is 15.1. The quantitative estimate of drug-likeness (QED) is 0.714. The maximum Gasteiger partial charge on any atom is 0.340 e. The van der Waals surface area contributed by atoms with Gasteiger partial charge in [0, 0.05) is 21.6 Å². The van der Waals surface area contributed by atoms with Crippen LogP contribution in [-0.4, -0.2) is 29.7 Å². The second-order valence-corrected chi connectivity index (χ2v) is 6.55. The molecular weight excluding hydrogens is 362 g/mol. The van der Waals surface area contributed by atoms with E-state index in [0.717, 1.165) is 15.4 Å². The number of nitrogens with zero attached hydrogens (tertiary/aromatic N) is 1. The molecule has 2 aromatic rings. The lowest BCUT2D eigenvalue weighted by Gasteiger charge is -2.08. The molecular formula is C17H20BrNO4. The van der Waals surface area contributed by atoms with E-state index in [1.165, 1.54) is 0 Å². The highest BCUT2D eigenvalue weighted by molar-refractivity contribution is 9.10. The van der Waals surface area contributed by atoms with Crippen LogP contribution in [0.15, 0.2) is 28.9 Å². The SMILES string of the molecule is CCOC(=O)c1cn(CC(=O)OCC(C)C)c2ccc(Br)cc12. The summed E-state index contributed by atoms with van der Waals surface area (Å²) in [7, 11) is 0. The molecule has 0 bridgehead atoms. The summed E-state index contributed by atoms with van der Waals surface area (Å²) in [5, 5.41) is 0.745. The van der Waals surface area contributed by atoms with Gasteiger partial charge in [0.05, 0.1) is 18.8 Å². The summed E-state index contributed by atoms with van der Waals surface area (Å²) in [6.07, 6.45) is 1.64. The van der Waals surface area contributed by atoms with Gasteiger partial charge in [-0.3, -0.25) is 4.79 Å². The summed E-state index contributed by atoms with van der Waals surface area (Å²) in [6, 6.07) is 5.57. The molecule has 1 aromatic heterocycles. The van der Waals surface area contributed by atoms with Crippen LogP contribution >= 0.6 is 15.9 Å². The maximum atomic E-state index is 12.1. The first kappa shape index (κ1) is 17.5. The van der Waals surface area contributed by atoms with E-state index in [2.05, 4.69) is 15.9 Å². The Kier molecular flexibility index (Phi) is 5.82. The van der Waals surface area contributed by atoms with Crippen molar-refractivity contribution in [2.24, 2.45) is 5.92 Å². The lowest BCUT2D eigenvalue weighted by Crippen LogP contribution is -2.15. The molecule has 0 aliphatic rings. The fourth-order valence-corrected chi connectivity index (χ4v) is 2.58. The van der Waals surface area contributed by atoms with Gasteiger partial charge in [-0.2, -0.15) is 0 Å². The molecule has 0 fully saturated rings. The number of hydrogen-bond donors (Lipinski definition) is 0. The highest BCUT2D eigenvalue weighted by atomic mass is 79.9. The van der Waals surface area contributed by atoms with Gasteiger partial charge in [-0.05, 0) is 31.0 Å². The summed E-state index contributed by atoms with van der Waals surface area (Å²) in [5.74, 6) is -0.440. The minimum Gasteiger partial charge on any atom is -0.464 e.